The summed E-state index contributed by atoms with van der Waals surface area (Å²) in [5.41, 5.74) is 0.469. The average molecular weight is 396 g/mol. The second-order valence-corrected chi connectivity index (χ2v) is 7.79. The van der Waals surface area contributed by atoms with Crippen LogP contribution in [0, 0.1) is 0 Å². The zero-order chi connectivity index (χ0) is 18.0. The number of nitrogens with one attached hydrogen (secondary N) is 1. The first-order valence-electron chi connectivity index (χ1n) is 7.04. The van der Waals surface area contributed by atoms with Crippen molar-refractivity contribution in [3.8, 4) is 0 Å². The van der Waals surface area contributed by atoms with Crippen molar-refractivity contribution in [2.75, 3.05) is 5.32 Å². The average Bonchev–Trinajstić information content (AvgIpc) is 3.06. The van der Waals surface area contributed by atoms with Gasteiger partial charge >= 0.3 is 0 Å². The van der Waals surface area contributed by atoms with E-state index in [0.717, 1.165) is 0 Å². The van der Waals surface area contributed by atoms with Gasteiger partial charge in [-0.25, -0.2) is 8.42 Å². The van der Waals surface area contributed by atoms with Crippen molar-refractivity contribution in [1.29, 1.82) is 0 Å². The lowest BCUT2D eigenvalue weighted by atomic mass is 10.3. The normalized spacial score (nSPS) is 11.3. The summed E-state index contributed by atoms with van der Waals surface area (Å²) < 4.78 is 30.2. The van der Waals surface area contributed by atoms with Gasteiger partial charge in [0.2, 0.25) is 14.9 Å². The summed E-state index contributed by atoms with van der Waals surface area (Å²) in [5.74, 6) is -0.715. The highest BCUT2D eigenvalue weighted by Gasteiger charge is 2.23. The number of furan rings is 1. The van der Waals surface area contributed by atoms with Crippen molar-refractivity contribution in [2.24, 2.45) is 0 Å². The van der Waals surface area contributed by atoms with E-state index in [1.807, 2.05) is 0 Å². The maximum Gasteiger partial charge on any atom is 0.291 e. The Hall–Kier alpha value is -2.28. The minimum atomic E-state index is -3.87. The Bertz CT molecular complexity index is 1030. The Morgan fingerprint density at radius 3 is 2.32 bits per heavy atom. The molecule has 1 amide bonds. The molecule has 0 unspecified atom stereocenters. The van der Waals surface area contributed by atoms with Gasteiger partial charge in [0.15, 0.2) is 5.76 Å². The minimum absolute atomic E-state index is 0.0213. The molecule has 0 saturated heterocycles. The molecule has 1 aromatic heterocycles. The molecular formula is C17H11Cl2NO4S. The van der Waals surface area contributed by atoms with Crippen LogP contribution >= 0.6 is 23.2 Å². The minimum Gasteiger partial charge on any atom is -0.439 e. The number of hydrogen-bond donors (Lipinski definition) is 1. The molecule has 0 aliphatic carbocycles. The first kappa shape index (κ1) is 17.5. The maximum atomic E-state index is 12.5. The molecule has 0 saturated carbocycles. The third kappa shape index (κ3) is 3.87. The lowest BCUT2D eigenvalue weighted by Crippen LogP contribution is -2.10. The molecule has 3 rings (SSSR count). The zero-order valence-corrected chi connectivity index (χ0v) is 14.9. The largest absolute Gasteiger partial charge is 0.439 e. The molecule has 5 nitrogen and oxygen atoms in total. The van der Waals surface area contributed by atoms with Crippen molar-refractivity contribution in [3.63, 3.8) is 0 Å². The highest BCUT2D eigenvalue weighted by Crippen LogP contribution is 2.25. The zero-order valence-electron chi connectivity index (χ0n) is 12.6. The topological polar surface area (TPSA) is 76.4 Å². The predicted molar refractivity (Wildman–Crippen MR) is 95.0 cm³/mol. The Morgan fingerprint density at radius 2 is 1.64 bits per heavy atom. The lowest BCUT2D eigenvalue weighted by Gasteiger charge is -2.04. The van der Waals surface area contributed by atoms with Crippen LogP contribution in [0.15, 0.2) is 75.1 Å². The summed E-state index contributed by atoms with van der Waals surface area (Å²) in [6, 6.07) is 14.7. The smallest absolute Gasteiger partial charge is 0.291 e. The number of halogens is 2. The molecule has 0 bridgehead atoms. The van der Waals surface area contributed by atoms with Crippen LogP contribution in [-0.4, -0.2) is 14.3 Å². The van der Waals surface area contributed by atoms with E-state index in [-0.39, 0.29) is 15.7 Å². The molecule has 0 fully saturated rings. The van der Waals surface area contributed by atoms with Crippen molar-refractivity contribution < 1.29 is 17.6 Å². The first-order valence-corrected chi connectivity index (χ1v) is 9.27. The highest BCUT2D eigenvalue weighted by atomic mass is 35.5. The van der Waals surface area contributed by atoms with Gasteiger partial charge in [-0.05, 0) is 54.6 Å². The van der Waals surface area contributed by atoms with Crippen LogP contribution in [0.25, 0.3) is 0 Å². The van der Waals surface area contributed by atoms with Gasteiger partial charge in [-0.3, -0.25) is 4.79 Å². The van der Waals surface area contributed by atoms with Crippen LogP contribution in [-0.2, 0) is 9.84 Å². The summed E-state index contributed by atoms with van der Waals surface area (Å²) in [4.78, 5) is 12.2. The maximum absolute atomic E-state index is 12.5. The van der Waals surface area contributed by atoms with Crippen molar-refractivity contribution >= 4 is 44.6 Å². The Balaban J connectivity index is 1.84. The van der Waals surface area contributed by atoms with Gasteiger partial charge in [0, 0.05) is 15.7 Å². The van der Waals surface area contributed by atoms with Crippen molar-refractivity contribution in [3.05, 3.63) is 76.5 Å². The molecule has 0 spiro atoms. The summed E-state index contributed by atoms with van der Waals surface area (Å²) in [7, 11) is -3.87. The molecule has 0 aliphatic heterocycles. The molecule has 2 aromatic carbocycles. The summed E-state index contributed by atoms with van der Waals surface area (Å²) in [6.45, 7) is 0. The fraction of sp³-hybridized carbons (Fsp3) is 0. The standard InChI is InChI=1S/C17H11Cl2NO4S/c18-11-4-6-14(7-5-11)25(22,23)16-9-8-15(24-16)17(21)20-13-3-1-2-12(19)10-13/h1-10H,(H,20,21). The summed E-state index contributed by atoms with van der Waals surface area (Å²) in [6.07, 6.45) is 0. The van der Waals surface area contributed by atoms with E-state index in [0.29, 0.717) is 15.7 Å². The Morgan fingerprint density at radius 1 is 0.920 bits per heavy atom. The third-order valence-corrected chi connectivity index (χ3v) is 5.41. The number of hydrogen-bond acceptors (Lipinski definition) is 4. The van der Waals surface area contributed by atoms with Gasteiger partial charge in [-0.15, -0.1) is 0 Å². The van der Waals surface area contributed by atoms with E-state index < -0.39 is 15.7 Å². The van der Waals surface area contributed by atoms with Gasteiger partial charge in [-0.1, -0.05) is 29.3 Å². The monoisotopic (exact) mass is 395 g/mol. The predicted octanol–water partition coefficient (Wildman–Crippen LogP) is 4.67. The first-order chi connectivity index (χ1) is 11.9. The number of amides is 1. The van der Waals surface area contributed by atoms with Crippen molar-refractivity contribution in [2.45, 2.75) is 9.99 Å². The molecule has 128 valence electrons. The summed E-state index contributed by atoms with van der Waals surface area (Å²) in [5, 5.41) is 3.13. The van der Waals surface area contributed by atoms with Crippen LogP contribution in [0.5, 0.6) is 0 Å². The van der Waals surface area contributed by atoms with E-state index in [2.05, 4.69) is 5.32 Å². The molecule has 3 aromatic rings. The van der Waals surface area contributed by atoms with Crippen molar-refractivity contribution in [1.82, 2.24) is 0 Å². The van der Waals surface area contributed by atoms with Crippen LogP contribution in [0.2, 0.25) is 10.0 Å². The SMILES string of the molecule is O=C(Nc1cccc(Cl)c1)c1ccc(S(=O)(=O)c2ccc(Cl)cc2)o1. The fourth-order valence-corrected chi connectivity index (χ4v) is 3.57. The van der Waals surface area contributed by atoms with Crippen LogP contribution < -0.4 is 5.32 Å². The van der Waals surface area contributed by atoms with Gasteiger partial charge in [0.25, 0.3) is 5.91 Å². The number of benzene rings is 2. The second-order valence-electron chi connectivity index (χ2n) is 5.04. The second kappa shape index (κ2) is 6.92. The van der Waals surface area contributed by atoms with Crippen LogP contribution in [0.1, 0.15) is 10.6 Å². The third-order valence-electron chi connectivity index (χ3n) is 3.28. The van der Waals surface area contributed by atoms with E-state index in [1.165, 1.54) is 36.4 Å². The molecule has 25 heavy (non-hydrogen) atoms. The molecule has 0 radical (unpaired) electrons. The lowest BCUT2D eigenvalue weighted by molar-refractivity contribution is 0.0991. The quantitative estimate of drug-likeness (QED) is 0.695. The fourth-order valence-electron chi connectivity index (χ4n) is 2.08. The number of anilines is 1. The molecular weight excluding hydrogens is 385 g/mol. The number of rotatable bonds is 4. The van der Waals surface area contributed by atoms with E-state index in [1.54, 1.807) is 24.3 Å². The van der Waals surface area contributed by atoms with E-state index in [9.17, 15) is 13.2 Å². The van der Waals surface area contributed by atoms with Crippen LogP contribution in [0.3, 0.4) is 0 Å². The van der Waals surface area contributed by atoms with Gasteiger partial charge in [0.05, 0.1) is 4.90 Å². The number of carbonyl (C=O) groups excluding carboxylic acids is 1. The summed E-state index contributed by atoms with van der Waals surface area (Å²) >= 11 is 11.6. The van der Waals surface area contributed by atoms with Crippen LogP contribution in [0.4, 0.5) is 5.69 Å². The number of sulfone groups is 1. The van der Waals surface area contributed by atoms with Gasteiger partial charge in [0.1, 0.15) is 0 Å². The van der Waals surface area contributed by atoms with E-state index in [4.69, 9.17) is 27.6 Å². The van der Waals surface area contributed by atoms with E-state index >= 15 is 0 Å². The van der Waals surface area contributed by atoms with Gasteiger partial charge < -0.3 is 9.73 Å². The molecule has 8 heteroatoms. The molecule has 1 heterocycles. The van der Waals surface area contributed by atoms with Gasteiger partial charge in [-0.2, -0.15) is 0 Å². The highest BCUT2D eigenvalue weighted by molar-refractivity contribution is 7.91. The molecule has 1 N–H and O–H groups in total. The number of carbonyl (C=O) groups is 1. The molecule has 0 atom stereocenters. The molecule has 0 aliphatic rings. The Kier molecular flexibility index (Phi) is 4.85. The Labute approximate surface area is 154 Å².